The van der Waals surface area contributed by atoms with E-state index in [1.165, 1.54) is 41.5 Å². The molecule has 0 amide bonds. The van der Waals surface area contributed by atoms with Crippen LogP contribution in [-0.2, 0) is 0 Å². The van der Waals surface area contributed by atoms with Crippen molar-refractivity contribution in [1.29, 1.82) is 0 Å². The van der Waals surface area contributed by atoms with E-state index in [0.717, 1.165) is 0 Å². The standard InChI is InChI=1S/C15H23BrN2/c1-11-6-4-5-9-18(11)15-10-13(16)7-8-14(15)12(2)17-3/h7-8,10-12,17H,4-6,9H2,1-3H3. The molecule has 2 unspecified atom stereocenters. The Labute approximate surface area is 119 Å². The van der Waals surface area contributed by atoms with Crippen LogP contribution < -0.4 is 10.2 Å². The molecule has 1 aromatic carbocycles. The van der Waals surface area contributed by atoms with Gasteiger partial charge in [-0.15, -0.1) is 0 Å². The fourth-order valence-electron chi connectivity index (χ4n) is 2.74. The Balaban J connectivity index is 2.37. The van der Waals surface area contributed by atoms with Crippen molar-refractivity contribution >= 4 is 21.6 Å². The molecule has 1 saturated heterocycles. The fraction of sp³-hybridized carbons (Fsp3) is 0.600. The van der Waals surface area contributed by atoms with Gasteiger partial charge in [0.25, 0.3) is 0 Å². The Hall–Kier alpha value is -0.540. The van der Waals surface area contributed by atoms with Crippen LogP contribution in [0.2, 0.25) is 0 Å². The molecule has 0 aliphatic carbocycles. The lowest BCUT2D eigenvalue weighted by atomic mass is 9.99. The van der Waals surface area contributed by atoms with Crippen molar-refractivity contribution in [3.05, 3.63) is 28.2 Å². The molecule has 0 bridgehead atoms. The van der Waals surface area contributed by atoms with Gasteiger partial charge in [-0.2, -0.15) is 0 Å². The number of anilines is 1. The van der Waals surface area contributed by atoms with Crippen molar-refractivity contribution in [2.24, 2.45) is 0 Å². The van der Waals surface area contributed by atoms with Crippen molar-refractivity contribution in [2.45, 2.75) is 45.2 Å². The monoisotopic (exact) mass is 310 g/mol. The van der Waals surface area contributed by atoms with Gasteiger partial charge in [0, 0.05) is 28.8 Å². The molecule has 100 valence electrons. The third-order valence-corrected chi connectivity index (χ3v) is 4.50. The molecule has 1 N–H and O–H groups in total. The second-order valence-electron chi connectivity index (χ2n) is 5.25. The third-order valence-electron chi connectivity index (χ3n) is 4.00. The Morgan fingerprint density at radius 3 is 2.83 bits per heavy atom. The van der Waals surface area contributed by atoms with E-state index >= 15 is 0 Å². The molecule has 1 heterocycles. The maximum absolute atomic E-state index is 3.61. The van der Waals surface area contributed by atoms with Gasteiger partial charge in [0.2, 0.25) is 0 Å². The van der Waals surface area contributed by atoms with Gasteiger partial charge in [-0.25, -0.2) is 0 Å². The van der Waals surface area contributed by atoms with E-state index < -0.39 is 0 Å². The zero-order valence-corrected chi connectivity index (χ0v) is 13.1. The number of rotatable bonds is 3. The summed E-state index contributed by atoms with van der Waals surface area (Å²) in [6.07, 6.45) is 3.98. The first-order valence-corrected chi connectivity index (χ1v) is 7.66. The molecule has 0 aromatic heterocycles. The van der Waals surface area contributed by atoms with Gasteiger partial charge in [0.05, 0.1) is 0 Å². The van der Waals surface area contributed by atoms with Crippen molar-refractivity contribution in [3.63, 3.8) is 0 Å². The Morgan fingerprint density at radius 2 is 2.17 bits per heavy atom. The van der Waals surface area contributed by atoms with Crippen LogP contribution in [-0.4, -0.2) is 19.6 Å². The van der Waals surface area contributed by atoms with E-state index in [9.17, 15) is 0 Å². The van der Waals surface area contributed by atoms with Crippen molar-refractivity contribution in [3.8, 4) is 0 Å². The van der Waals surface area contributed by atoms with Crippen LogP contribution in [0.4, 0.5) is 5.69 Å². The average Bonchev–Trinajstić information content (AvgIpc) is 2.38. The molecule has 0 spiro atoms. The number of hydrogen-bond acceptors (Lipinski definition) is 2. The van der Waals surface area contributed by atoms with Gasteiger partial charge < -0.3 is 10.2 Å². The van der Waals surface area contributed by atoms with Crippen LogP contribution in [0.5, 0.6) is 0 Å². The molecule has 3 heteroatoms. The summed E-state index contributed by atoms with van der Waals surface area (Å²) in [6, 6.07) is 7.69. The number of halogens is 1. The molecule has 18 heavy (non-hydrogen) atoms. The normalized spacial score (nSPS) is 22.0. The molecule has 2 atom stereocenters. The first-order valence-electron chi connectivity index (χ1n) is 6.87. The summed E-state index contributed by atoms with van der Waals surface area (Å²) >= 11 is 3.61. The molecule has 2 rings (SSSR count). The molecular formula is C15H23BrN2. The molecule has 0 radical (unpaired) electrons. The third kappa shape index (κ3) is 2.89. The highest BCUT2D eigenvalue weighted by Gasteiger charge is 2.22. The summed E-state index contributed by atoms with van der Waals surface area (Å²) in [5.41, 5.74) is 2.79. The highest BCUT2D eigenvalue weighted by atomic mass is 79.9. The van der Waals surface area contributed by atoms with Crippen LogP contribution in [0.15, 0.2) is 22.7 Å². The maximum atomic E-state index is 3.61. The van der Waals surface area contributed by atoms with Crippen molar-refractivity contribution < 1.29 is 0 Å². The van der Waals surface area contributed by atoms with Crippen LogP contribution in [0.1, 0.15) is 44.7 Å². The average molecular weight is 311 g/mol. The fourth-order valence-corrected chi connectivity index (χ4v) is 3.09. The highest BCUT2D eigenvalue weighted by molar-refractivity contribution is 9.10. The first kappa shape index (κ1) is 13.9. The van der Waals surface area contributed by atoms with E-state index in [4.69, 9.17) is 0 Å². The van der Waals surface area contributed by atoms with E-state index in [0.29, 0.717) is 12.1 Å². The van der Waals surface area contributed by atoms with Crippen LogP contribution in [0.25, 0.3) is 0 Å². The van der Waals surface area contributed by atoms with Gasteiger partial charge in [0.1, 0.15) is 0 Å². The highest BCUT2D eigenvalue weighted by Crippen LogP contribution is 2.33. The Bertz CT molecular complexity index is 405. The molecular weight excluding hydrogens is 288 g/mol. The zero-order valence-electron chi connectivity index (χ0n) is 11.5. The predicted octanol–water partition coefficient (Wildman–Crippen LogP) is 4.11. The smallest absolute Gasteiger partial charge is 0.0428 e. The molecule has 1 aliphatic rings. The Kier molecular flexibility index (Phi) is 4.68. The topological polar surface area (TPSA) is 15.3 Å². The van der Waals surface area contributed by atoms with Gasteiger partial charge in [-0.3, -0.25) is 0 Å². The lowest BCUT2D eigenvalue weighted by molar-refractivity contribution is 0.481. The number of hydrogen-bond donors (Lipinski definition) is 1. The summed E-state index contributed by atoms with van der Waals surface area (Å²) in [7, 11) is 2.02. The molecule has 1 aliphatic heterocycles. The maximum Gasteiger partial charge on any atom is 0.0428 e. The zero-order chi connectivity index (χ0) is 13.1. The first-order chi connectivity index (χ1) is 8.63. The van der Waals surface area contributed by atoms with Gasteiger partial charge >= 0.3 is 0 Å². The number of nitrogens with zero attached hydrogens (tertiary/aromatic N) is 1. The summed E-state index contributed by atoms with van der Waals surface area (Å²) < 4.78 is 1.17. The number of nitrogens with one attached hydrogen (secondary N) is 1. The lowest BCUT2D eigenvalue weighted by Crippen LogP contribution is -2.38. The van der Waals surface area contributed by atoms with Crippen LogP contribution in [0.3, 0.4) is 0 Å². The minimum absolute atomic E-state index is 0.391. The number of piperidine rings is 1. The largest absolute Gasteiger partial charge is 0.369 e. The molecule has 0 saturated carbocycles. The summed E-state index contributed by atoms with van der Waals surface area (Å²) in [4.78, 5) is 2.57. The summed E-state index contributed by atoms with van der Waals surface area (Å²) in [6.45, 7) is 5.75. The van der Waals surface area contributed by atoms with Crippen LogP contribution >= 0.6 is 15.9 Å². The van der Waals surface area contributed by atoms with E-state index in [2.05, 4.69) is 58.2 Å². The molecule has 1 fully saturated rings. The van der Waals surface area contributed by atoms with E-state index in [-0.39, 0.29) is 0 Å². The second-order valence-corrected chi connectivity index (χ2v) is 6.17. The summed E-state index contributed by atoms with van der Waals surface area (Å²) in [5, 5.41) is 3.35. The molecule has 2 nitrogen and oxygen atoms in total. The minimum Gasteiger partial charge on any atom is -0.369 e. The lowest BCUT2D eigenvalue weighted by Gasteiger charge is -2.37. The van der Waals surface area contributed by atoms with Gasteiger partial charge in [-0.1, -0.05) is 22.0 Å². The van der Waals surface area contributed by atoms with Crippen molar-refractivity contribution in [2.75, 3.05) is 18.5 Å². The van der Waals surface area contributed by atoms with Crippen LogP contribution in [0, 0.1) is 0 Å². The molecule has 1 aromatic rings. The SMILES string of the molecule is CNC(C)c1ccc(Br)cc1N1CCCCC1C. The quantitative estimate of drug-likeness (QED) is 0.904. The van der Waals surface area contributed by atoms with Gasteiger partial charge in [0.15, 0.2) is 0 Å². The van der Waals surface area contributed by atoms with E-state index in [1.807, 2.05) is 7.05 Å². The van der Waals surface area contributed by atoms with E-state index in [1.54, 1.807) is 0 Å². The second kappa shape index (κ2) is 6.07. The van der Waals surface area contributed by atoms with Crippen molar-refractivity contribution in [1.82, 2.24) is 5.32 Å². The number of benzene rings is 1. The summed E-state index contributed by atoms with van der Waals surface area (Å²) in [5.74, 6) is 0. The van der Waals surface area contributed by atoms with Gasteiger partial charge in [-0.05, 0) is 57.9 Å². The minimum atomic E-state index is 0.391. The predicted molar refractivity (Wildman–Crippen MR) is 82.3 cm³/mol. The Morgan fingerprint density at radius 1 is 1.39 bits per heavy atom.